The molecule has 2 atom stereocenters. The number of hydrogen-bond donors (Lipinski definition) is 2. The molecule has 0 bridgehead atoms. The third-order valence-corrected chi connectivity index (χ3v) is 2.79. The minimum atomic E-state index is -1.11. The second-order valence-corrected chi connectivity index (χ2v) is 4.17. The van der Waals surface area contributed by atoms with Crippen LogP contribution in [0, 0.1) is 0 Å². The van der Waals surface area contributed by atoms with Crippen LogP contribution in [0.2, 0.25) is 0 Å². The molecule has 1 heterocycles. The Morgan fingerprint density at radius 2 is 2.00 bits per heavy atom. The van der Waals surface area contributed by atoms with Crippen LogP contribution in [0.15, 0.2) is 23.0 Å². The molecular weight excluding hydrogens is 252 g/mol. The molecule has 19 heavy (non-hydrogen) atoms. The number of carboxylic acid groups (broad SMARTS) is 1. The van der Waals surface area contributed by atoms with E-state index in [4.69, 9.17) is 9.52 Å². The topological polar surface area (TPSA) is 99.9 Å². The summed E-state index contributed by atoms with van der Waals surface area (Å²) in [5.74, 6) is -2.04. The number of carbonyl (C=O) groups excluding carboxylic acids is 2. The highest BCUT2D eigenvalue weighted by atomic mass is 16.4. The van der Waals surface area contributed by atoms with Gasteiger partial charge in [-0.15, -0.1) is 0 Å². The predicted octanol–water partition coefficient (Wildman–Crippen LogP) is 0.329. The van der Waals surface area contributed by atoms with Crippen LogP contribution < -0.4 is 5.32 Å². The van der Waals surface area contributed by atoms with Gasteiger partial charge in [0, 0.05) is 7.05 Å². The van der Waals surface area contributed by atoms with E-state index in [-0.39, 0.29) is 0 Å². The van der Waals surface area contributed by atoms with E-state index in [0.29, 0.717) is 5.56 Å². The molecule has 104 valence electrons. The van der Waals surface area contributed by atoms with Gasteiger partial charge in [0.2, 0.25) is 5.91 Å². The zero-order chi connectivity index (χ0) is 14.6. The SMILES string of the molecule is CC(NC(=O)c1ccoc1)C(=O)N(C)C(C)C(=O)O. The molecule has 0 aromatic carbocycles. The minimum absolute atomic E-state index is 0.300. The molecule has 7 nitrogen and oxygen atoms in total. The Labute approximate surface area is 110 Å². The van der Waals surface area contributed by atoms with Gasteiger partial charge in [0.25, 0.3) is 5.91 Å². The first kappa shape index (κ1) is 14.7. The first-order valence-electron chi connectivity index (χ1n) is 5.67. The highest BCUT2D eigenvalue weighted by molar-refractivity contribution is 5.97. The highest BCUT2D eigenvalue weighted by Crippen LogP contribution is 2.03. The summed E-state index contributed by atoms with van der Waals surface area (Å²) in [5, 5.41) is 11.3. The summed E-state index contributed by atoms with van der Waals surface area (Å²) in [7, 11) is 1.38. The van der Waals surface area contributed by atoms with Crippen LogP contribution in [0.1, 0.15) is 24.2 Å². The smallest absolute Gasteiger partial charge is 0.326 e. The maximum Gasteiger partial charge on any atom is 0.326 e. The van der Waals surface area contributed by atoms with Crippen molar-refractivity contribution in [2.75, 3.05) is 7.05 Å². The van der Waals surface area contributed by atoms with Gasteiger partial charge in [-0.1, -0.05) is 0 Å². The van der Waals surface area contributed by atoms with E-state index in [1.807, 2.05) is 0 Å². The summed E-state index contributed by atoms with van der Waals surface area (Å²) in [4.78, 5) is 35.5. The lowest BCUT2D eigenvalue weighted by Gasteiger charge is -2.25. The van der Waals surface area contributed by atoms with E-state index in [0.717, 1.165) is 4.90 Å². The largest absolute Gasteiger partial charge is 0.480 e. The van der Waals surface area contributed by atoms with Crippen LogP contribution in [-0.4, -0.2) is 46.9 Å². The quantitative estimate of drug-likeness (QED) is 0.801. The standard InChI is InChI=1S/C12H16N2O5/c1-7(11(16)14(3)8(2)12(17)18)13-10(15)9-4-5-19-6-9/h4-8H,1-3H3,(H,13,15)(H,17,18). The van der Waals surface area contributed by atoms with Gasteiger partial charge in [0.15, 0.2) is 0 Å². The van der Waals surface area contributed by atoms with Crippen LogP contribution in [0.4, 0.5) is 0 Å². The van der Waals surface area contributed by atoms with Gasteiger partial charge < -0.3 is 19.7 Å². The number of rotatable bonds is 5. The lowest BCUT2D eigenvalue weighted by molar-refractivity contribution is -0.148. The van der Waals surface area contributed by atoms with Gasteiger partial charge in [0.1, 0.15) is 18.3 Å². The average Bonchev–Trinajstić information content (AvgIpc) is 2.89. The minimum Gasteiger partial charge on any atom is -0.480 e. The molecule has 0 saturated heterocycles. The van der Waals surface area contributed by atoms with Gasteiger partial charge in [-0.2, -0.15) is 0 Å². The number of nitrogens with zero attached hydrogens (tertiary/aromatic N) is 1. The summed E-state index contributed by atoms with van der Waals surface area (Å²) in [6.07, 6.45) is 2.61. The normalized spacial score (nSPS) is 13.4. The van der Waals surface area contributed by atoms with Crippen LogP contribution in [0.5, 0.6) is 0 Å². The van der Waals surface area contributed by atoms with Crippen LogP contribution >= 0.6 is 0 Å². The number of carbonyl (C=O) groups is 3. The Hall–Kier alpha value is -2.31. The fourth-order valence-corrected chi connectivity index (χ4v) is 1.40. The van der Waals surface area contributed by atoms with Crippen molar-refractivity contribution in [2.45, 2.75) is 25.9 Å². The molecule has 7 heteroatoms. The Morgan fingerprint density at radius 3 is 2.47 bits per heavy atom. The molecule has 1 aromatic heterocycles. The van der Waals surface area contributed by atoms with Crippen LogP contribution in [0.3, 0.4) is 0 Å². The summed E-state index contributed by atoms with van der Waals surface area (Å²) in [5.41, 5.74) is 0.300. The fourth-order valence-electron chi connectivity index (χ4n) is 1.40. The lowest BCUT2D eigenvalue weighted by Crippen LogP contribution is -2.50. The number of amides is 2. The van der Waals surface area contributed by atoms with E-state index < -0.39 is 29.9 Å². The van der Waals surface area contributed by atoms with Crippen molar-refractivity contribution in [1.29, 1.82) is 0 Å². The number of carboxylic acids is 1. The van der Waals surface area contributed by atoms with Gasteiger partial charge in [-0.3, -0.25) is 9.59 Å². The van der Waals surface area contributed by atoms with Crippen LogP contribution in [0.25, 0.3) is 0 Å². The van der Waals surface area contributed by atoms with Crippen molar-refractivity contribution in [2.24, 2.45) is 0 Å². The van der Waals surface area contributed by atoms with Crippen molar-refractivity contribution in [3.05, 3.63) is 24.2 Å². The van der Waals surface area contributed by atoms with Gasteiger partial charge >= 0.3 is 5.97 Å². The number of likely N-dealkylation sites (N-methyl/N-ethyl adjacent to an activating group) is 1. The first-order chi connectivity index (χ1) is 8.84. The van der Waals surface area contributed by atoms with Gasteiger partial charge in [-0.25, -0.2) is 4.79 Å². The highest BCUT2D eigenvalue weighted by Gasteiger charge is 2.26. The van der Waals surface area contributed by atoms with Crippen molar-refractivity contribution < 1.29 is 23.9 Å². The Kier molecular flexibility index (Phi) is 4.68. The zero-order valence-corrected chi connectivity index (χ0v) is 10.9. The fraction of sp³-hybridized carbons (Fsp3) is 0.417. The number of hydrogen-bond acceptors (Lipinski definition) is 4. The summed E-state index contributed by atoms with van der Waals surface area (Å²) < 4.78 is 4.76. The number of nitrogens with one attached hydrogen (secondary N) is 1. The van der Waals surface area contributed by atoms with E-state index in [1.165, 1.54) is 39.5 Å². The van der Waals surface area contributed by atoms with Crippen molar-refractivity contribution in [3.63, 3.8) is 0 Å². The van der Waals surface area contributed by atoms with Gasteiger partial charge in [-0.05, 0) is 19.9 Å². The summed E-state index contributed by atoms with van der Waals surface area (Å²) in [6, 6.07) is -0.314. The summed E-state index contributed by atoms with van der Waals surface area (Å²) in [6.45, 7) is 2.89. The Morgan fingerprint density at radius 1 is 1.37 bits per heavy atom. The molecule has 0 saturated carbocycles. The van der Waals surface area contributed by atoms with E-state index in [1.54, 1.807) is 0 Å². The first-order valence-corrected chi connectivity index (χ1v) is 5.67. The second-order valence-electron chi connectivity index (χ2n) is 4.17. The zero-order valence-electron chi connectivity index (χ0n) is 10.9. The Balaban J connectivity index is 2.63. The molecular formula is C12H16N2O5. The van der Waals surface area contributed by atoms with Crippen LogP contribution in [-0.2, 0) is 9.59 Å². The maximum absolute atomic E-state index is 11.9. The monoisotopic (exact) mass is 268 g/mol. The Bertz CT molecular complexity index is 468. The molecule has 0 aliphatic heterocycles. The molecule has 2 unspecified atom stereocenters. The molecule has 2 amide bonds. The van der Waals surface area contributed by atoms with E-state index >= 15 is 0 Å². The second kappa shape index (κ2) is 6.03. The summed E-state index contributed by atoms with van der Waals surface area (Å²) >= 11 is 0. The molecule has 1 aromatic rings. The molecule has 0 aliphatic rings. The average molecular weight is 268 g/mol. The third-order valence-electron chi connectivity index (χ3n) is 2.79. The van der Waals surface area contributed by atoms with Crippen molar-refractivity contribution >= 4 is 17.8 Å². The maximum atomic E-state index is 11.9. The van der Waals surface area contributed by atoms with Crippen molar-refractivity contribution in [3.8, 4) is 0 Å². The molecule has 0 fully saturated rings. The molecule has 2 N–H and O–H groups in total. The number of aliphatic carboxylic acids is 1. The third kappa shape index (κ3) is 3.57. The molecule has 1 rings (SSSR count). The molecule has 0 aliphatic carbocycles. The lowest BCUT2D eigenvalue weighted by atomic mass is 10.2. The van der Waals surface area contributed by atoms with Gasteiger partial charge in [0.05, 0.1) is 11.8 Å². The predicted molar refractivity (Wildman–Crippen MR) is 65.5 cm³/mol. The van der Waals surface area contributed by atoms with E-state index in [9.17, 15) is 14.4 Å². The number of furan rings is 1. The molecule has 0 spiro atoms. The van der Waals surface area contributed by atoms with Crippen molar-refractivity contribution in [1.82, 2.24) is 10.2 Å². The van der Waals surface area contributed by atoms with E-state index in [2.05, 4.69) is 5.32 Å². The molecule has 0 radical (unpaired) electrons.